The summed E-state index contributed by atoms with van der Waals surface area (Å²) in [7, 11) is 1.77. The summed E-state index contributed by atoms with van der Waals surface area (Å²) in [5.74, 6) is 0. The molecule has 0 saturated carbocycles. The first kappa shape index (κ1) is 16.7. The molecule has 0 spiro atoms. The lowest BCUT2D eigenvalue weighted by atomic mass is 10.00. The van der Waals surface area contributed by atoms with Crippen LogP contribution >= 0.6 is 0 Å². The molecule has 25 heavy (non-hydrogen) atoms. The Labute approximate surface area is 145 Å². The fraction of sp³-hybridized carbons (Fsp3) is 0.235. The standard InChI is InChI=1S/C17H20N6O2/c1-17(25,13-10-20-22(2)11-13)12-18-16(24)21-14-5-3-6-15(9-14)23-8-4-7-19-23/h3-11,25H,12H2,1-2H3,(H2,18,21,24)/t17-/m0/s1. The molecule has 0 unspecified atom stereocenters. The van der Waals surface area contributed by atoms with E-state index >= 15 is 0 Å². The second kappa shape index (κ2) is 6.78. The highest BCUT2D eigenvalue weighted by Gasteiger charge is 2.25. The van der Waals surface area contributed by atoms with Crippen molar-refractivity contribution in [1.82, 2.24) is 24.9 Å². The Morgan fingerprint density at radius 2 is 2.16 bits per heavy atom. The lowest BCUT2D eigenvalue weighted by Gasteiger charge is -2.22. The number of carbonyl (C=O) groups is 1. The molecule has 0 radical (unpaired) electrons. The lowest BCUT2D eigenvalue weighted by molar-refractivity contribution is 0.0599. The van der Waals surface area contributed by atoms with Gasteiger partial charge in [-0.15, -0.1) is 0 Å². The van der Waals surface area contributed by atoms with Crippen LogP contribution in [0.1, 0.15) is 12.5 Å². The minimum atomic E-state index is -1.21. The molecule has 2 aromatic heterocycles. The molecule has 3 N–H and O–H groups in total. The Balaban J connectivity index is 1.60. The number of aryl methyl sites for hydroxylation is 1. The number of nitrogens with zero attached hydrogens (tertiary/aromatic N) is 4. The van der Waals surface area contributed by atoms with Gasteiger partial charge in [-0.1, -0.05) is 6.07 Å². The number of aromatic nitrogens is 4. The van der Waals surface area contributed by atoms with Crippen LogP contribution in [0, 0.1) is 0 Å². The topological polar surface area (TPSA) is 97.0 Å². The number of carbonyl (C=O) groups excluding carboxylic acids is 1. The van der Waals surface area contributed by atoms with E-state index in [9.17, 15) is 9.90 Å². The fourth-order valence-corrected chi connectivity index (χ4v) is 2.38. The van der Waals surface area contributed by atoms with Gasteiger partial charge in [0.05, 0.1) is 18.4 Å². The lowest BCUT2D eigenvalue weighted by Crippen LogP contribution is -2.40. The van der Waals surface area contributed by atoms with Gasteiger partial charge in [-0.25, -0.2) is 9.48 Å². The van der Waals surface area contributed by atoms with Crippen molar-refractivity contribution in [2.24, 2.45) is 7.05 Å². The maximum atomic E-state index is 12.1. The van der Waals surface area contributed by atoms with Crippen molar-refractivity contribution >= 4 is 11.7 Å². The predicted molar refractivity (Wildman–Crippen MR) is 93.4 cm³/mol. The number of rotatable bonds is 5. The first-order chi connectivity index (χ1) is 11.9. The zero-order valence-electron chi connectivity index (χ0n) is 14.0. The van der Waals surface area contributed by atoms with E-state index in [1.165, 1.54) is 0 Å². The molecular weight excluding hydrogens is 320 g/mol. The normalized spacial score (nSPS) is 13.2. The molecule has 0 saturated heterocycles. The van der Waals surface area contributed by atoms with Crippen LogP contribution in [-0.4, -0.2) is 37.2 Å². The highest BCUT2D eigenvalue weighted by molar-refractivity contribution is 5.89. The van der Waals surface area contributed by atoms with Crippen molar-refractivity contribution in [2.45, 2.75) is 12.5 Å². The van der Waals surface area contributed by atoms with Crippen LogP contribution in [0.2, 0.25) is 0 Å². The first-order valence-corrected chi connectivity index (χ1v) is 7.80. The molecule has 0 aliphatic heterocycles. The smallest absolute Gasteiger partial charge is 0.319 e. The third kappa shape index (κ3) is 4.04. The van der Waals surface area contributed by atoms with Crippen molar-refractivity contribution in [3.63, 3.8) is 0 Å². The SMILES string of the molecule is Cn1cc([C@@](C)(O)CNC(=O)Nc2cccc(-n3cccn3)c2)cn1. The summed E-state index contributed by atoms with van der Waals surface area (Å²) in [6.07, 6.45) is 6.80. The molecule has 130 valence electrons. The van der Waals surface area contributed by atoms with E-state index in [4.69, 9.17) is 0 Å². The van der Waals surface area contributed by atoms with Crippen LogP contribution in [-0.2, 0) is 12.6 Å². The van der Waals surface area contributed by atoms with Gasteiger partial charge in [-0.3, -0.25) is 4.68 Å². The quantitative estimate of drug-likeness (QED) is 0.658. The molecule has 2 heterocycles. The average Bonchev–Trinajstić information content (AvgIpc) is 3.25. The number of hydrogen-bond acceptors (Lipinski definition) is 4. The van der Waals surface area contributed by atoms with E-state index in [-0.39, 0.29) is 6.54 Å². The highest BCUT2D eigenvalue weighted by atomic mass is 16.3. The Morgan fingerprint density at radius 1 is 1.32 bits per heavy atom. The van der Waals surface area contributed by atoms with Crippen molar-refractivity contribution in [2.75, 3.05) is 11.9 Å². The zero-order chi connectivity index (χ0) is 17.9. The van der Waals surface area contributed by atoms with Crippen molar-refractivity contribution in [1.29, 1.82) is 0 Å². The highest BCUT2D eigenvalue weighted by Crippen LogP contribution is 2.19. The van der Waals surface area contributed by atoms with E-state index in [1.54, 1.807) is 48.0 Å². The summed E-state index contributed by atoms with van der Waals surface area (Å²) < 4.78 is 3.31. The van der Waals surface area contributed by atoms with E-state index in [0.29, 0.717) is 11.3 Å². The fourth-order valence-electron chi connectivity index (χ4n) is 2.38. The largest absolute Gasteiger partial charge is 0.383 e. The van der Waals surface area contributed by atoms with Gasteiger partial charge in [-0.2, -0.15) is 10.2 Å². The Bertz CT molecular complexity index is 854. The number of anilines is 1. The van der Waals surface area contributed by atoms with Gasteiger partial charge in [0.25, 0.3) is 0 Å². The van der Waals surface area contributed by atoms with Crippen molar-refractivity contribution in [3.05, 3.63) is 60.7 Å². The van der Waals surface area contributed by atoms with Crippen molar-refractivity contribution < 1.29 is 9.90 Å². The van der Waals surface area contributed by atoms with Gasteiger partial charge in [0.2, 0.25) is 0 Å². The van der Waals surface area contributed by atoms with Crippen molar-refractivity contribution in [3.8, 4) is 5.69 Å². The summed E-state index contributed by atoms with van der Waals surface area (Å²) in [6.45, 7) is 1.69. The van der Waals surface area contributed by atoms with Gasteiger partial charge < -0.3 is 15.7 Å². The van der Waals surface area contributed by atoms with E-state index < -0.39 is 11.6 Å². The molecular formula is C17H20N6O2. The summed E-state index contributed by atoms with van der Waals surface area (Å²) in [6, 6.07) is 8.74. The molecule has 2 amide bonds. The summed E-state index contributed by atoms with van der Waals surface area (Å²) in [5.41, 5.74) is 0.898. The monoisotopic (exact) mass is 340 g/mol. The van der Waals surface area contributed by atoms with E-state index in [2.05, 4.69) is 20.8 Å². The zero-order valence-corrected chi connectivity index (χ0v) is 14.0. The molecule has 0 fully saturated rings. The molecule has 1 atom stereocenters. The van der Waals surface area contributed by atoms with Gasteiger partial charge in [0.15, 0.2) is 0 Å². The van der Waals surface area contributed by atoms with Crippen LogP contribution in [0.15, 0.2) is 55.1 Å². The minimum absolute atomic E-state index is 0.0589. The maximum absolute atomic E-state index is 12.1. The number of aliphatic hydroxyl groups is 1. The van der Waals surface area contributed by atoms with E-state index in [0.717, 1.165) is 5.69 Å². The number of hydrogen-bond donors (Lipinski definition) is 3. The molecule has 0 aliphatic carbocycles. The molecule has 0 bridgehead atoms. The van der Waals surface area contributed by atoms with Gasteiger partial charge in [-0.05, 0) is 31.2 Å². The summed E-state index contributed by atoms with van der Waals surface area (Å²) in [5, 5.41) is 24.1. The third-order valence-electron chi connectivity index (χ3n) is 3.79. The van der Waals surface area contributed by atoms with Crippen LogP contribution < -0.4 is 10.6 Å². The Morgan fingerprint density at radius 3 is 2.84 bits per heavy atom. The first-order valence-electron chi connectivity index (χ1n) is 7.80. The van der Waals surface area contributed by atoms with Gasteiger partial charge in [0, 0.05) is 36.9 Å². The average molecular weight is 340 g/mol. The molecule has 8 nitrogen and oxygen atoms in total. The molecule has 3 rings (SSSR count). The van der Waals surface area contributed by atoms with Gasteiger partial charge in [0.1, 0.15) is 5.60 Å². The van der Waals surface area contributed by atoms with E-state index in [1.807, 2.05) is 30.5 Å². The Kier molecular flexibility index (Phi) is 4.53. The number of urea groups is 1. The third-order valence-corrected chi connectivity index (χ3v) is 3.79. The predicted octanol–water partition coefficient (Wildman–Crippen LogP) is 1.63. The van der Waals surface area contributed by atoms with Crippen LogP contribution in [0.3, 0.4) is 0 Å². The van der Waals surface area contributed by atoms with Gasteiger partial charge >= 0.3 is 6.03 Å². The summed E-state index contributed by atoms with van der Waals surface area (Å²) >= 11 is 0. The molecule has 0 aliphatic rings. The maximum Gasteiger partial charge on any atom is 0.319 e. The molecule has 1 aromatic carbocycles. The molecule has 8 heteroatoms. The minimum Gasteiger partial charge on any atom is -0.383 e. The van der Waals surface area contributed by atoms with Crippen LogP contribution in [0.5, 0.6) is 0 Å². The number of amides is 2. The Hall–Kier alpha value is -3.13. The second-order valence-electron chi connectivity index (χ2n) is 5.99. The van der Waals surface area contributed by atoms with Crippen LogP contribution in [0.25, 0.3) is 5.69 Å². The van der Waals surface area contributed by atoms with Crippen LogP contribution in [0.4, 0.5) is 10.5 Å². The number of benzene rings is 1. The number of nitrogens with one attached hydrogen (secondary N) is 2. The molecule has 3 aromatic rings. The summed E-state index contributed by atoms with van der Waals surface area (Å²) in [4.78, 5) is 12.1. The second-order valence-corrected chi connectivity index (χ2v) is 5.99.